The molecule has 6 nitrogen and oxygen atoms in total. The molecule has 0 aromatic carbocycles. The Hall–Kier alpha value is -1.56. The molecule has 19 heavy (non-hydrogen) atoms. The minimum Gasteiger partial charge on any atom is -0.490 e. The summed E-state index contributed by atoms with van der Waals surface area (Å²) in [6.45, 7) is 5.75. The average molecular weight is 268 g/mol. The zero-order chi connectivity index (χ0) is 14.1. The molecule has 0 radical (unpaired) electrons. The molecule has 0 fully saturated rings. The fourth-order valence-electron chi connectivity index (χ4n) is 1.64. The Morgan fingerprint density at radius 3 is 2.63 bits per heavy atom. The van der Waals surface area contributed by atoms with E-state index < -0.39 is 0 Å². The summed E-state index contributed by atoms with van der Waals surface area (Å²) in [5, 5.41) is 6.55. The van der Waals surface area contributed by atoms with E-state index in [1.807, 2.05) is 0 Å². The van der Waals surface area contributed by atoms with Crippen LogP contribution in [0.3, 0.4) is 0 Å². The molecule has 6 heteroatoms. The van der Waals surface area contributed by atoms with E-state index in [0.717, 1.165) is 25.2 Å². The second-order valence-corrected chi connectivity index (χ2v) is 4.36. The van der Waals surface area contributed by atoms with Crippen molar-refractivity contribution < 1.29 is 9.47 Å². The average Bonchev–Trinajstić information content (AvgIpc) is 2.43. The maximum atomic E-state index is 5.40. The van der Waals surface area contributed by atoms with E-state index in [4.69, 9.17) is 9.47 Å². The predicted molar refractivity (Wildman–Crippen MR) is 76.9 cm³/mol. The number of hydrogen-bond donors (Lipinski definition) is 2. The molecule has 0 aliphatic heterocycles. The van der Waals surface area contributed by atoms with Crippen molar-refractivity contribution >= 4 is 11.6 Å². The maximum Gasteiger partial charge on any atom is 0.204 e. The van der Waals surface area contributed by atoms with Crippen molar-refractivity contribution in [3.8, 4) is 5.75 Å². The van der Waals surface area contributed by atoms with E-state index in [1.54, 1.807) is 14.2 Å². The zero-order valence-electron chi connectivity index (χ0n) is 12.2. The van der Waals surface area contributed by atoms with Gasteiger partial charge in [-0.15, -0.1) is 0 Å². The van der Waals surface area contributed by atoms with Gasteiger partial charge in [0.05, 0.1) is 7.11 Å². The minimum absolute atomic E-state index is 0.253. The number of anilines is 2. The first-order valence-corrected chi connectivity index (χ1v) is 6.61. The van der Waals surface area contributed by atoms with Crippen molar-refractivity contribution in [2.75, 3.05) is 38.0 Å². The minimum atomic E-state index is 0.253. The highest BCUT2D eigenvalue weighted by atomic mass is 16.5. The molecule has 1 rings (SSSR count). The van der Waals surface area contributed by atoms with Gasteiger partial charge in [0.1, 0.15) is 6.33 Å². The maximum absolute atomic E-state index is 5.40. The standard InChI is InChI=1S/C13H24N4O2/c1-5-7-14-12-11(19-4)13(16-9-15-12)17-10(2)6-8-18-3/h9-10H,5-8H2,1-4H3,(H2,14,15,16,17). The summed E-state index contributed by atoms with van der Waals surface area (Å²) >= 11 is 0. The summed E-state index contributed by atoms with van der Waals surface area (Å²) < 4.78 is 10.5. The molecule has 0 amide bonds. The van der Waals surface area contributed by atoms with Crippen molar-refractivity contribution in [3.63, 3.8) is 0 Å². The molecule has 1 aromatic heterocycles. The highest BCUT2D eigenvalue weighted by molar-refractivity contribution is 5.63. The monoisotopic (exact) mass is 268 g/mol. The summed E-state index contributed by atoms with van der Waals surface area (Å²) in [5.74, 6) is 2.08. The van der Waals surface area contributed by atoms with E-state index in [0.29, 0.717) is 18.2 Å². The summed E-state index contributed by atoms with van der Waals surface area (Å²) in [6.07, 6.45) is 3.47. The third-order valence-corrected chi connectivity index (χ3v) is 2.69. The Balaban J connectivity index is 2.76. The predicted octanol–water partition coefficient (Wildman–Crippen LogP) is 2.14. The van der Waals surface area contributed by atoms with Gasteiger partial charge in [0.25, 0.3) is 0 Å². The molecule has 0 saturated heterocycles. The lowest BCUT2D eigenvalue weighted by atomic mass is 10.2. The van der Waals surface area contributed by atoms with Gasteiger partial charge in [-0.1, -0.05) is 6.92 Å². The van der Waals surface area contributed by atoms with Crippen LogP contribution >= 0.6 is 0 Å². The molecule has 108 valence electrons. The number of methoxy groups -OCH3 is 2. The number of nitrogens with zero attached hydrogens (tertiary/aromatic N) is 2. The lowest BCUT2D eigenvalue weighted by Crippen LogP contribution is -2.19. The van der Waals surface area contributed by atoms with Crippen molar-refractivity contribution in [1.82, 2.24) is 9.97 Å². The van der Waals surface area contributed by atoms with Crippen molar-refractivity contribution in [1.29, 1.82) is 0 Å². The molecule has 1 unspecified atom stereocenters. The Labute approximate surface area is 114 Å². The third-order valence-electron chi connectivity index (χ3n) is 2.69. The smallest absolute Gasteiger partial charge is 0.204 e. The Kier molecular flexibility index (Phi) is 6.95. The molecular formula is C13H24N4O2. The highest BCUT2D eigenvalue weighted by Crippen LogP contribution is 2.29. The van der Waals surface area contributed by atoms with E-state index in [1.165, 1.54) is 6.33 Å². The van der Waals surface area contributed by atoms with Crippen LogP contribution in [0.25, 0.3) is 0 Å². The highest BCUT2D eigenvalue weighted by Gasteiger charge is 2.13. The van der Waals surface area contributed by atoms with Crippen molar-refractivity contribution in [2.24, 2.45) is 0 Å². The van der Waals surface area contributed by atoms with Gasteiger partial charge in [-0.05, 0) is 19.8 Å². The number of ether oxygens (including phenoxy) is 2. The van der Waals surface area contributed by atoms with Gasteiger partial charge < -0.3 is 20.1 Å². The van der Waals surface area contributed by atoms with Crippen LogP contribution in [0.1, 0.15) is 26.7 Å². The van der Waals surface area contributed by atoms with Gasteiger partial charge in [0, 0.05) is 26.3 Å². The summed E-state index contributed by atoms with van der Waals surface area (Å²) in [5.41, 5.74) is 0. The Morgan fingerprint density at radius 2 is 2.00 bits per heavy atom. The van der Waals surface area contributed by atoms with Gasteiger partial charge >= 0.3 is 0 Å². The molecule has 0 saturated carbocycles. The van der Waals surface area contributed by atoms with Gasteiger partial charge in [-0.3, -0.25) is 0 Å². The molecule has 0 spiro atoms. The van der Waals surface area contributed by atoms with E-state index in [2.05, 4.69) is 34.4 Å². The van der Waals surface area contributed by atoms with Gasteiger partial charge in [0.2, 0.25) is 5.75 Å². The van der Waals surface area contributed by atoms with Gasteiger partial charge in [0.15, 0.2) is 11.6 Å². The normalized spacial score (nSPS) is 12.0. The Bertz CT molecular complexity index is 374. The van der Waals surface area contributed by atoms with Crippen LogP contribution in [-0.4, -0.2) is 43.4 Å². The van der Waals surface area contributed by atoms with E-state index >= 15 is 0 Å². The van der Waals surface area contributed by atoms with Gasteiger partial charge in [-0.25, -0.2) is 9.97 Å². The lowest BCUT2D eigenvalue weighted by molar-refractivity contribution is 0.191. The molecule has 0 aliphatic carbocycles. The SMILES string of the molecule is CCCNc1ncnc(NC(C)CCOC)c1OC. The largest absolute Gasteiger partial charge is 0.490 e. The van der Waals surface area contributed by atoms with Crippen LogP contribution in [-0.2, 0) is 4.74 Å². The molecule has 1 atom stereocenters. The molecule has 1 aromatic rings. The number of nitrogens with one attached hydrogen (secondary N) is 2. The Morgan fingerprint density at radius 1 is 1.26 bits per heavy atom. The number of aromatic nitrogens is 2. The molecule has 0 bridgehead atoms. The van der Waals surface area contributed by atoms with Crippen LogP contribution in [0.5, 0.6) is 5.75 Å². The van der Waals surface area contributed by atoms with Crippen molar-refractivity contribution in [3.05, 3.63) is 6.33 Å². The number of hydrogen-bond acceptors (Lipinski definition) is 6. The first-order valence-electron chi connectivity index (χ1n) is 6.61. The summed E-state index contributed by atoms with van der Waals surface area (Å²) in [7, 11) is 3.32. The van der Waals surface area contributed by atoms with Crippen LogP contribution in [0.15, 0.2) is 6.33 Å². The van der Waals surface area contributed by atoms with Crippen LogP contribution < -0.4 is 15.4 Å². The summed E-state index contributed by atoms with van der Waals surface area (Å²) in [6, 6.07) is 0.253. The first-order chi connectivity index (χ1) is 9.22. The second kappa shape index (κ2) is 8.53. The molecular weight excluding hydrogens is 244 g/mol. The van der Waals surface area contributed by atoms with Crippen LogP contribution in [0.2, 0.25) is 0 Å². The van der Waals surface area contributed by atoms with Crippen LogP contribution in [0, 0.1) is 0 Å². The lowest BCUT2D eigenvalue weighted by Gasteiger charge is -2.17. The summed E-state index contributed by atoms with van der Waals surface area (Å²) in [4.78, 5) is 8.44. The van der Waals surface area contributed by atoms with Crippen LogP contribution in [0.4, 0.5) is 11.6 Å². The number of rotatable bonds is 9. The fraction of sp³-hybridized carbons (Fsp3) is 0.692. The molecule has 1 heterocycles. The fourth-order valence-corrected chi connectivity index (χ4v) is 1.64. The van der Waals surface area contributed by atoms with E-state index in [9.17, 15) is 0 Å². The topological polar surface area (TPSA) is 68.3 Å². The second-order valence-electron chi connectivity index (χ2n) is 4.36. The molecule has 0 aliphatic rings. The zero-order valence-corrected chi connectivity index (χ0v) is 12.2. The molecule has 2 N–H and O–H groups in total. The quantitative estimate of drug-likeness (QED) is 0.715. The van der Waals surface area contributed by atoms with Crippen molar-refractivity contribution in [2.45, 2.75) is 32.7 Å². The van der Waals surface area contributed by atoms with Gasteiger partial charge in [-0.2, -0.15) is 0 Å². The first kappa shape index (κ1) is 15.5. The third kappa shape index (κ3) is 4.90. The van der Waals surface area contributed by atoms with E-state index in [-0.39, 0.29) is 6.04 Å².